The number of anilines is 3. The van der Waals surface area contributed by atoms with E-state index in [2.05, 4.69) is 193 Å². The Labute approximate surface area is 305 Å². The van der Waals surface area contributed by atoms with Crippen molar-refractivity contribution in [1.82, 2.24) is 0 Å². The molecule has 0 spiro atoms. The highest BCUT2D eigenvalue weighted by molar-refractivity contribution is 7.26. The van der Waals surface area contributed by atoms with E-state index in [1.807, 2.05) is 11.3 Å². The fourth-order valence-corrected chi connectivity index (χ4v) is 10.1. The van der Waals surface area contributed by atoms with Crippen LogP contribution in [0.15, 0.2) is 192 Å². The van der Waals surface area contributed by atoms with E-state index in [1.165, 1.54) is 58.9 Å². The van der Waals surface area contributed by atoms with Crippen LogP contribution in [0.3, 0.4) is 0 Å². The number of nitrogens with zero attached hydrogens (tertiary/aromatic N) is 1. The number of fused-ring (bicyclic) bond motifs is 10. The Morgan fingerprint density at radius 3 is 1.88 bits per heavy atom. The third kappa shape index (κ3) is 4.06. The van der Waals surface area contributed by atoms with Gasteiger partial charge in [0.25, 0.3) is 0 Å². The van der Waals surface area contributed by atoms with Gasteiger partial charge in [-0.05, 0) is 88.0 Å². The first kappa shape index (κ1) is 29.3. The van der Waals surface area contributed by atoms with Crippen molar-refractivity contribution in [2.45, 2.75) is 5.41 Å². The van der Waals surface area contributed by atoms with Crippen molar-refractivity contribution >= 4 is 70.5 Å². The highest BCUT2D eigenvalue weighted by Gasteiger charge is 2.46. The molecule has 0 unspecified atom stereocenters. The number of thiophene rings is 1. The number of benzene rings is 8. The Morgan fingerprint density at radius 1 is 0.442 bits per heavy atom. The van der Waals surface area contributed by atoms with Gasteiger partial charge in [-0.2, -0.15) is 0 Å². The summed E-state index contributed by atoms with van der Waals surface area (Å²) in [7, 11) is 0. The molecular weight excluding hydrogens is 651 g/mol. The predicted octanol–water partition coefficient (Wildman–Crippen LogP) is 13.8. The first-order valence-electron chi connectivity index (χ1n) is 17.8. The van der Waals surface area contributed by atoms with E-state index in [-0.39, 0.29) is 0 Å². The van der Waals surface area contributed by atoms with E-state index in [4.69, 9.17) is 4.42 Å². The molecule has 244 valence electrons. The summed E-state index contributed by atoms with van der Waals surface area (Å²) in [5.74, 6) is 0. The molecule has 11 rings (SSSR count). The first-order valence-corrected chi connectivity index (χ1v) is 18.6. The fraction of sp³-hybridized carbons (Fsp3) is 0.0204. The van der Waals surface area contributed by atoms with Crippen LogP contribution in [0.4, 0.5) is 17.1 Å². The van der Waals surface area contributed by atoms with Gasteiger partial charge in [0.15, 0.2) is 0 Å². The molecule has 10 aromatic rings. The van der Waals surface area contributed by atoms with Crippen LogP contribution in [0.2, 0.25) is 0 Å². The molecule has 1 aliphatic rings. The summed E-state index contributed by atoms with van der Waals surface area (Å²) in [6, 6.07) is 68.4. The monoisotopic (exact) mass is 681 g/mol. The van der Waals surface area contributed by atoms with E-state index >= 15 is 0 Å². The summed E-state index contributed by atoms with van der Waals surface area (Å²) < 4.78 is 9.21. The van der Waals surface area contributed by atoms with Crippen LogP contribution in [-0.4, -0.2) is 0 Å². The summed E-state index contributed by atoms with van der Waals surface area (Å²) in [5, 5.41) is 4.84. The van der Waals surface area contributed by atoms with Gasteiger partial charge < -0.3 is 9.32 Å². The molecular formula is C49H31NOS. The molecule has 0 atom stereocenters. The Morgan fingerprint density at radius 2 is 1.10 bits per heavy atom. The maximum atomic E-state index is 6.66. The van der Waals surface area contributed by atoms with Crippen molar-refractivity contribution in [3.8, 4) is 11.1 Å². The lowest BCUT2D eigenvalue weighted by molar-refractivity contribution is 0.669. The molecule has 2 heterocycles. The molecule has 1 aliphatic carbocycles. The van der Waals surface area contributed by atoms with Crippen LogP contribution in [0, 0.1) is 0 Å². The molecule has 0 saturated carbocycles. The molecule has 2 aromatic heterocycles. The van der Waals surface area contributed by atoms with Gasteiger partial charge in [0.05, 0.1) is 16.5 Å². The van der Waals surface area contributed by atoms with Crippen LogP contribution in [0.5, 0.6) is 0 Å². The minimum absolute atomic E-state index is 0.496. The molecule has 8 aromatic carbocycles. The van der Waals surface area contributed by atoms with E-state index in [1.54, 1.807) is 0 Å². The standard InChI is InChI=1S/C49H31NOS/c1-4-15-32(16-5-1)49(33-17-6-2-7-18-33)40-23-12-10-21-36(40)37-28-27-35(31-41(37)49)50(34-19-8-3-9-20-34)42-24-14-25-43-46(42)47-44(51-43)30-29-39-38-22-11-13-26-45(38)52-48(39)47/h1-31H. The lowest BCUT2D eigenvalue weighted by Crippen LogP contribution is -2.28. The second-order valence-electron chi connectivity index (χ2n) is 13.6. The molecule has 0 radical (unpaired) electrons. The van der Waals surface area contributed by atoms with Gasteiger partial charge in [0, 0.05) is 36.9 Å². The number of hydrogen-bond donors (Lipinski definition) is 0. The summed E-state index contributed by atoms with van der Waals surface area (Å²) in [5.41, 5.74) is 12.2. The largest absolute Gasteiger partial charge is 0.456 e. The molecule has 0 N–H and O–H groups in total. The summed E-state index contributed by atoms with van der Waals surface area (Å²) in [4.78, 5) is 2.42. The highest BCUT2D eigenvalue weighted by Crippen LogP contribution is 2.57. The summed E-state index contributed by atoms with van der Waals surface area (Å²) in [6.07, 6.45) is 0. The van der Waals surface area contributed by atoms with Crippen LogP contribution >= 0.6 is 11.3 Å². The maximum absolute atomic E-state index is 6.66. The quantitative estimate of drug-likeness (QED) is 0.180. The van der Waals surface area contributed by atoms with Crippen molar-refractivity contribution in [2.24, 2.45) is 0 Å². The summed E-state index contributed by atoms with van der Waals surface area (Å²) in [6.45, 7) is 0. The number of hydrogen-bond acceptors (Lipinski definition) is 3. The summed E-state index contributed by atoms with van der Waals surface area (Å²) >= 11 is 1.85. The Kier molecular flexibility index (Phi) is 6.37. The smallest absolute Gasteiger partial charge is 0.137 e. The van der Waals surface area contributed by atoms with Crippen molar-refractivity contribution in [3.05, 3.63) is 210 Å². The molecule has 3 heteroatoms. The Hall–Kier alpha value is -6.42. The Bertz CT molecular complexity index is 2920. The molecule has 0 amide bonds. The number of furan rings is 1. The topological polar surface area (TPSA) is 16.4 Å². The third-order valence-electron chi connectivity index (χ3n) is 10.9. The molecule has 0 bridgehead atoms. The minimum Gasteiger partial charge on any atom is -0.456 e. The van der Waals surface area contributed by atoms with Crippen molar-refractivity contribution < 1.29 is 4.42 Å². The van der Waals surface area contributed by atoms with Crippen LogP contribution < -0.4 is 4.90 Å². The molecule has 2 nitrogen and oxygen atoms in total. The average molecular weight is 682 g/mol. The predicted molar refractivity (Wildman–Crippen MR) is 219 cm³/mol. The van der Waals surface area contributed by atoms with Gasteiger partial charge in [-0.3, -0.25) is 0 Å². The van der Waals surface area contributed by atoms with Crippen LogP contribution in [0.1, 0.15) is 22.3 Å². The SMILES string of the molecule is c1ccc(N(c2ccc3c(c2)C(c2ccccc2)(c2ccccc2)c2ccccc2-3)c2cccc3oc4ccc5c6ccccc6sc5c4c23)cc1. The molecule has 0 saturated heterocycles. The zero-order valence-corrected chi connectivity index (χ0v) is 29.0. The van der Waals surface area contributed by atoms with Crippen LogP contribution in [0.25, 0.3) is 53.2 Å². The van der Waals surface area contributed by atoms with E-state index in [9.17, 15) is 0 Å². The van der Waals surface area contributed by atoms with Gasteiger partial charge in [-0.25, -0.2) is 0 Å². The van der Waals surface area contributed by atoms with E-state index < -0.39 is 5.41 Å². The zero-order chi connectivity index (χ0) is 34.2. The third-order valence-corrected chi connectivity index (χ3v) is 12.1. The first-order chi connectivity index (χ1) is 25.8. The average Bonchev–Trinajstić information content (AvgIpc) is 3.88. The zero-order valence-electron chi connectivity index (χ0n) is 28.2. The lowest BCUT2D eigenvalue weighted by Gasteiger charge is -2.35. The van der Waals surface area contributed by atoms with Crippen molar-refractivity contribution in [1.29, 1.82) is 0 Å². The van der Waals surface area contributed by atoms with E-state index in [0.29, 0.717) is 0 Å². The lowest BCUT2D eigenvalue weighted by atomic mass is 9.67. The van der Waals surface area contributed by atoms with Crippen molar-refractivity contribution in [3.63, 3.8) is 0 Å². The highest BCUT2D eigenvalue weighted by atomic mass is 32.1. The van der Waals surface area contributed by atoms with Crippen LogP contribution in [-0.2, 0) is 5.41 Å². The molecule has 0 aliphatic heterocycles. The molecule has 52 heavy (non-hydrogen) atoms. The van der Waals surface area contributed by atoms with Gasteiger partial charge in [-0.15, -0.1) is 11.3 Å². The van der Waals surface area contributed by atoms with Gasteiger partial charge in [0.2, 0.25) is 0 Å². The Balaban J connectivity index is 1.23. The fourth-order valence-electron chi connectivity index (χ4n) is 8.83. The maximum Gasteiger partial charge on any atom is 0.137 e. The van der Waals surface area contributed by atoms with Gasteiger partial charge >= 0.3 is 0 Å². The van der Waals surface area contributed by atoms with Gasteiger partial charge in [-0.1, -0.05) is 133 Å². The second kappa shape index (κ2) is 11.3. The minimum atomic E-state index is -0.496. The number of para-hydroxylation sites is 1. The van der Waals surface area contributed by atoms with Crippen molar-refractivity contribution in [2.75, 3.05) is 4.90 Å². The number of rotatable bonds is 5. The second-order valence-corrected chi connectivity index (χ2v) is 14.6. The van der Waals surface area contributed by atoms with Gasteiger partial charge in [0.1, 0.15) is 11.2 Å². The van der Waals surface area contributed by atoms with E-state index in [0.717, 1.165) is 33.6 Å². The normalized spacial score (nSPS) is 13.2. The molecule has 0 fully saturated rings.